The predicted molar refractivity (Wildman–Crippen MR) is 362 cm³/mol. The number of nitrogens with one attached hydrogen (secondary N) is 3. The maximum Gasteiger partial charge on any atom is 0.222 e. The van der Waals surface area contributed by atoms with Gasteiger partial charge in [-0.2, -0.15) is 0 Å². The number of carbonyl (C=O) groups is 8. The number of amides is 2. The molecule has 0 spiro atoms. The van der Waals surface area contributed by atoms with Crippen molar-refractivity contribution in [3.8, 4) is 0 Å². The summed E-state index contributed by atoms with van der Waals surface area (Å²) >= 11 is 0. The zero-order valence-corrected chi connectivity index (χ0v) is 62.1. The van der Waals surface area contributed by atoms with Crippen LogP contribution in [-0.4, -0.2) is 125 Å². The van der Waals surface area contributed by atoms with Crippen molar-refractivity contribution in [2.24, 2.45) is 49.7 Å². The van der Waals surface area contributed by atoms with Crippen molar-refractivity contribution >= 4 is 46.5 Å². The second-order valence-electron chi connectivity index (χ2n) is 32.8. The number of carbonyl (C=O) groups excluding carboxylic acids is 8. The minimum absolute atomic E-state index is 0.000302. The highest BCUT2D eigenvalue weighted by atomic mass is 16.5. The average molecular weight is 1240 g/mol. The molecule has 1 atom stereocenters. The summed E-state index contributed by atoms with van der Waals surface area (Å²) < 4.78 is 21.3. The van der Waals surface area contributed by atoms with E-state index in [1.807, 2.05) is 104 Å². The van der Waals surface area contributed by atoms with E-state index in [-0.39, 0.29) is 94.4 Å². The number of Topliss-reactive ketones (excluding diaryl/α,β-unsaturated/α-hetero) is 6. The monoisotopic (exact) mass is 1240 g/mol. The first-order valence-electron chi connectivity index (χ1n) is 32.9. The van der Waals surface area contributed by atoms with Crippen LogP contribution in [0, 0.1) is 49.7 Å². The minimum atomic E-state index is -0.689. The van der Waals surface area contributed by atoms with E-state index in [4.69, 9.17) is 18.9 Å². The van der Waals surface area contributed by atoms with Crippen molar-refractivity contribution in [2.45, 2.75) is 302 Å². The molecular formula is C72H141N3O12. The summed E-state index contributed by atoms with van der Waals surface area (Å²) in [5, 5.41) is 8.87. The van der Waals surface area contributed by atoms with Gasteiger partial charge < -0.3 is 34.9 Å². The molecule has 87 heavy (non-hydrogen) atoms. The number of hydrogen-bond donors (Lipinski definition) is 3. The highest BCUT2D eigenvalue weighted by molar-refractivity contribution is 5.90. The average Bonchev–Trinajstić information content (AvgIpc) is 3.37. The molecule has 516 valence electrons. The van der Waals surface area contributed by atoms with Crippen molar-refractivity contribution in [1.82, 2.24) is 16.0 Å². The van der Waals surface area contributed by atoms with E-state index in [0.717, 1.165) is 58.1 Å². The summed E-state index contributed by atoms with van der Waals surface area (Å²) in [7, 11) is 1.57. The van der Waals surface area contributed by atoms with Crippen LogP contribution in [0.1, 0.15) is 290 Å². The first-order chi connectivity index (χ1) is 39.2. The summed E-state index contributed by atoms with van der Waals surface area (Å²) in [6.07, 6.45) is 9.58. The molecule has 0 rings (SSSR count). The second kappa shape index (κ2) is 46.8. The van der Waals surface area contributed by atoms with Crippen molar-refractivity contribution in [1.29, 1.82) is 0 Å². The SMILES string of the molecule is CC(C)(C)CCCC(=O)C(C)(C)C.CC(C)(C)CCOCCC(=O)C(C)(C)C.CC(C)(C)NCCOCCC(=O)C(C)(C)C.CC(C)CCC(=O)C(C)(C)C.COCCCC(=O)C(CCC(=O)C(C)(C)C)NC(=O)CCOCCNC(=O)CCC(C)C. The molecule has 2 amide bonds. The number of rotatable bonds is 35. The fourth-order valence-electron chi connectivity index (χ4n) is 6.94. The maximum atomic E-state index is 12.5. The Hall–Kier alpha value is -3.24. The van der Waals surface area contributed by atoms with Crippen LogP contribution in [-0.2, 0) is 57.3 Å². The Labute approximate surface area is 535 Å². The van der Waals surface area contributed by atoms with Gasteiger partial charge in [0.1, 0.15) is 28.9 Å². The Morgan fingerprint density at radius 3 is 1.11 bits per heavy atom. The van der Waals surface area contributed by atoms with E-state index in [9.17, 15) is 38.4 Å². The molecule has 15 heteroatoms. The largest absolute Gasteiger partial charge is 0.385 e. The molecule has 15 nitrogen and oxygen atoms in total. The van der Waals surface area contributed by atoms with Gasteiger partial charge in [0.2, 0.25) is 11.8 Å². The van der Waals surface area contributed by atoms with Crippen LogP contribution < -0.4 is 16.0 Å². The van der Waals surface area contributed by atoms with Crippen molar-refractivity contribution < 1.29 is 57.3 Å². The fraction of sp³-hybridized carbons (Fsp3) is 0.889. The van der Waals surface area contributed by atoms with Gasteiger partial charge >= 0.3 is 0 Å². The van der Waals surface area contributed by atoms with E-state index >= 15 is 0 Å². The maximum absolute atomic E-state index is 12.5. The fourth-order valence-corrected chi connectivity index (χ4v) is 6.94. The molecule has 0 radical (unpaired) electrons. The molecule has 0 bridgehead atoms. The molecule has 0 heterocycles. The van der Waals surface area contributed by atoms with Crippen LogP contribution in [0.3, 0.4) is 0 Å². The summed E-state index contributed by atoms with van der Waals surface area (Å²) in [6.45, 7) is 61.8. The van der Waals surface area contributed by atoms with Crippen molar-refractivity contribution in [3.63, 3.8) is 0 Å². The number of hydrogen-bond acceptors (Lipinski definition) is 13. The molecule has 0 aromatic heterocycles. The Morgan fingerprint density at radius 2 is 0.724 bits per heavy atom. The molecule has 0 fully saturated rings. The standard InChI is InChI=1S/C24H44N2O6.C13H27NO2.C13H26O2.C12H24O.C10H20O/c1-18(2)9-12-22(29)25-14-17-32-16-13-23(30)26-19(20(27)8-7-15-31-6)10-11-21(28)24(3,4)5;1-12(2,3)11(15)7-9-16-10-8-14-13(4,5)6;1-12(2,3)8-10-15-9-7-11(14)13(4,5)6;1-11(2,3)9-7-8-10(13)12(4,5)6;1-8(2)6-7-9(11)10(3,4)5/h18-19H,7-17H2,1-6H3,(H,25,29)(H,26,30);14H,7-10H2,1-6H3;7-10H2,1-6H3;7-9H2,1-6H3;8H,6-7H2,1-5H3. The Kier molecular flexibility index (Phi) is 49.7. The van der Waals surface area contributed by atoms with Crippen molar-refractivity contribution in [2.75, 3.05) is 66.4 Å². The Balaban J connectivity index is -0.000000345. The van der Waals surface area contributed by atoms with Gasteiger partial charge in [-0.25, -0.2) is 0 Å². The molecule has 1 unspecified atom stereocenters. The Morgan fingerprint density at radius 1 is 0.356 bits per heavy atom. The smallest absolute Gasteiger partial charge is 0.222 e. The zero-order chi connectivity index (χ0) is 69.3. The normalized spacial score (nSPS) is 12.7. The quantitative estimate of drug-likeness (QED) is 0.0505. The molecule has 0 aliphatic carbocycles. The Bertz CT molecular complexity index is 1880. The van der Waals surface area contributed by atoms with Crippen LogP contribution in [0.25, 0.3) is 0 Å². The first kappa shape index (κ1) is 92.5. The molecule has 0 aliphatic heterocycles. The van der Waals surface area contributed by atoms with Gasteiger partial charge in [-0.1, -0.05) is 173 Å². The highest BCUT2D eigenvalue weighted by Gasteiger charge is 2.27. The third-order valence-corrected chi connectivity index (χ3v) is 13.5. The summed E-state index contributed by atoms with van der Waals surface area (Å²) in [6, 6.07) is -0.689. The van der Waals surface area contributed by atoms with Gasteiger partial charge in [-0.3, -0.25) is 38.4 Å². The zero-order valence-electron chi connectivity index (χ0n) is 62.1. The van der Waals surface area contributed by atoms with Gasteiger partial charge in [0.25, 0.3) is 0 Å². The van der Waals surface area contributed by atoms with E-state index in [1.165, 1.54) is 0 Å². The van der Waals surface area contributed by atoms with Gasteiger partial charge in [-0.15, -0.1) is 0 Å². The lowest BCUT2D eigenvalue weighted by Gasteiger charge is -2.21. The number of ether oxygens (including phenoxy) is 4. The molecule has 3 N–H and O–H groups in total. The van der Waals surface area contributed by atoms with Crippen LogP contribution >= 0.6 is 0 Å². The van der Waals surface area contributed by atoms with E-state index < -0.39 is 11.5 Å². The predicted octanol–water partition coefficient (Wildman–Crippen LogP) is 15.5. The second-order valence-corrected chi connectivity index (χ2v) is 32.8. The highest BCUT2D eigenvalue weighted by Crippen LogP contribution is 2.26. The number of ketones is 6. The van der Waals surface area contributed by atoms with E-state index in [2.05, 4.69) is 106 Å². The lowest BCUT2D eigenvalue weighted by molar-refractivity contribution is -0.130. The topological polar surface area (TPSA) is 210 Å². The third-order valence-electron chi connectivity index (χ3n) is 13.5. The van der Waals surface area contributed by atoms with E-state index in [1.54, 1.807) is 7.11 Å². The van der Waals surface area contributed by atoms with Gasteiger partial charge in [0, 0.05) is 117 Å². The molecular weight excluding hydrogens is 1100 g/mol. The lowest BCUT2D eigenvalue weighted by atomic mass is 9.84. The molecule has 0 aromatic carbocycles. The summed E-state index contributed by atoms with van der Waals surface area (Å²) in [5.41, 5.74) is -0.449. The number of methoxy groups -OCH3 is 1. The van der Waals surface area contributed by atoms with Crippen molar-refractivity contribution in [3.05, 3.63) is 0 Å². The molecule has 0 saturated heterocycles. The minimum Gasteiger partial charge on any atom is -0.385 e. The van der Waals surface area contributed by atoms with Crippen LogP contribution in [0.2, 0.25) is 0 Å². The lowest BCUT2D eigenvalue weighted by Crippen LogP contribution is -2.42. The van der Waals surface area contributed by atoms with Gasteiger partial charge in [0.15, 0.2) is 5.78 Å². The van der Waals surface area contributed by atoms with Crippen LogP contribution in [0.4, 0.5) is 0 Å². The summed E-state index contributed by atoms with van der Waals surface area (Å²) in [4.78, 5) is 94.7. The molecule has 0 saturated carbocycles. The van der Waals surface area contributed by atoms with E-state index in [0.29, 0.717) is 99.5 Å². The summed E-state index contributed by atoms with van der Waals surface area (Å²) in [5.74, 6) is 2.10. The third kappa shape index (κ3) is 67.0. The molecule has 0 aromatic rings. The van der Waals surface area contributed by atoms with Crippen LogP contribution in [0.5, 0.6) is 0 Å². The van der Waals surface area contributed by atoms with Gasteiger partial charge in [0.05, 0.1) is 39.1 Å². The molecule has 0 aliphatic rings. The van der Waals surface area contributed by atoms with Crippen LogP contribution in [0.15, 0.2) is 0 Å². The van der Waals surface area contributed by atoms with Gasteiger partial charge in [-0.05, 0) is 88.4 Å². The first-order valence-corrected chi connectivity index (χ1v) is 32.9.